The highest BCUT2D eigenvalue weighted by Crippen LogP contribution is 2.10. The number of hydrogen-bond acceptors (Lipinski definition) is 4. The van der Waals surface area contributed by atoms with Crippen molar-refractivity contribution >= 4 is 17.7 Å². The minimum atomic E-state index is -0.0614. The summed E-state index contributed by atoms with van der Waals surface area (Å²) in [6.45, 7) is 7.18. The highest BCUT2D eigenvalue weighted by Gasteiger charge is 2.24. The lowest BCUT2D eigenvalue weighted by atomic mass is 10.2. The standard InChI is InChI=1S/C16H28N4O3/c1-14(21)17-6-4-5-15(22)20-11-9-18(10-12-20)13-16(23)19-7-2-3-8-19/h2-13H2,1H3,(H,17,21). The zero-order valence-electron chi connectivity index (χ0n) is 14.1. The molecule has 2 aliphatic rings. The third-order valence-corrected chi connectivity index (χ3v) is 4.48. The first kappa shape index (κ1) is 17.7. The van der Waals surface area contributed by atoms with Crippen LogP contribution < -0.4 is 5.32 Å². The molecule has 0 aromatic rings. The zero-order valence-corrected chi connectivity index (χ0v) is 14.1. The average Bonchev–Trinajstić information content (AvgIpc) is 3.06. The summed E-state index contributed by atoms with van der Waals surface area (Å²) < 4.78 is 0. The van der Waals surface area contributed by atoms with Crippen LogP contribution in [0, 0.1) is 0 Å². The second-order valence-electron chi connectivity index (χ2n) is 6.33. The average molecular weight is 324 g/mol. The molecule has 2 rings (SSSR count). The summed E-state index contributed by atoms with van der Waals surface area (Å²) in [7, 11) is 0. The molecule has 0 bridgehead atoms. The predicted molar refractivity (Wildman–Crippen MR) is 86.8 cm³/mol. The molecule has 0 radical (unpaired) electrons. The van der Waals surface area contributed by atoms with Crippen LogP contribution >= 0.6 is 0 Å². The van der Waals surface area contributed by atoms with Crippen molar-refractivity contribution in [2.45, 2.75) is 32.6 Å². The van der Waals surface area contributed by atoms with Crippen LogP contribution in [0.3, 0.4) is 0 Å². The van der Waals surface area contributed by atoms with Gasteiger partial charge in [0.15, 0.2) is 0 Å². The lowest BCUT2D eigenvalue weighted by molar-refractivity contribution is -0.135. The van der Waals surface area contributed by atoms with E-state index < -0.39 is 0 Å². The molecule has 2 fully saturated rings. The Kier molecular flexibility index (Phi) is 6.83. The molecule has 0 aromatic heterocycles. The van der Waals surface area contributed by atoms with Crippen molar-refractivity contribution in [3.05, 3.63) is 0 Å². The smallest absolute Gasteiger partial charge is 0.236 e. The SMILES string of the molecule is CC(=O)NCCCC(=O)N1CCN(CC(=O)N2CCCC2)CC1. The molecule has 7 heteroatoms. The van der Waals surface area contributed by atoms with Gasteiger partial charge in [-0.1, -0.05) is 0 Å². The fraction of sp³-hybridized carbons (Fsp3) is 0.812. The summed E-state index contributed by atoms with van der Waals surface area (Å²) in [5.41, 5.74) is 0. The van der Waals surface area contributed by atoms with Crippen molar-refractivity contribution in [3.8, 4) is 0 Å². The van der Waals surface area contributed by atoms with Crippen LogP contribution in [0.15, 0.2) is 0 Å². The van der Waals surface area contributed by atoms with E-state index in [1.165, 1.54) is 6.92 Å². The van der Waals surface area contributed by atoms with E-state index in [0.29, 0.717) is 39.0 Å². The maximum absolute atomic E-state index is 12.1. The van der Waals surface area contributed by atoms with E-state index in [0.717, 1.165) is 39.0 Å². The van der Waals surface area contributed by atoms with E-state index in [1.54, 1.807) is 0 Å². The maximum atomic E-state index is 12.1. The Balaban J connectivity index is 1.62. The molecule has 0 unspecified atom stereocenters. The molecule has 0 spiro atoms. The van der Waals surface area contributed by atoms with Gasteiger partial charge in [0.1, 0.15) is 0 Å². The molecule has 130 valence electrons. The maximum Gasteiger partial charge on any atom is 0.236 e. The molecule has 3 amide bonds. The molecule has 1 N–H and O–H groups in total. The summed E-state index contributed by atoms with van der Waals surface area (Å²) in [5, 5.41) is 2.70. The molecule has 0 saturated carbocycles. The number of hydrogen-bond donors (Lipinski definition) is 1. The fourth-order valence-electron chi connectivity index (χ4n) is 3.08. The topological polar surface area (TPSA) is 73.0 Å². The van der Waals surface area contributed by atoms with Crippen molar-refractivity contribution in [2.75, 3.05) is 52.4 Å². The number of piperazine rings is 1. The normalized spacial score (nSPS) is 19.0. The van der Waals surface area contributed by atoms with Gasteiger partial charge in [-0.2, -0.15) is 0 Å². The summed E-state index contributed by atoms with van der Waals surface area (Å²) in [6, 6.07) is 0. The highest BCUT2D eigenvalue weighted by atomic mass is 16.2. The van der Waals surface area contributed by atoms with Gasteiger partial charge >= 0.3 is 0 Å². The number of likely N-dealkylation sites (tertiary alicyclic amines) is 1. The van der Waals surface area contributed by atoms with Gasteiger partial charge in [-0.3, -0.25) is 19.3 Å². The molecule has 23 heavy (non-hydrogen) atoms. The molecular formula is C16H28N4O3. The first-order valence-corrected chi connectivity index (χ1v) is 8.58. The van der Waals surface area contributed by atoms with Crippen molar-refractivity contribution in [3.63, 3.8) is 0 Å². The lowest BCUT2D eigenvalue weighted by Gasteiger charge is -2.35. The summed E-state index contributed by atoms with van der Waals surface area (Å²) in [5.74, 6) is 0.298. The summed E-state index contributed by atoms with van der Waals surface area (Å²) in [4.78, 5) is 40.9. The van der Waals surface area contributed by atoms with Gasteiger partial charge in [-0.25, -0.2) is 0 Å². The van der Waals surface area contributed by atoms with Gasteiger partial charge in [0, 0.05) is 59.2 Å². The van der Waals surface area contributed by atoms with Crippen LogP contribution in [0.1, 0.15) is 32.6 Å². The minimum Gasteiger partial charge on any atom is -0.356 e. The second kappa shape index (κ2) is 8.86. The largest absolute Gasteiger partial charge is 0.356 e. The van der Waals surface area contributed by atoms with Crippen LogP contribution in [-0.4, -0.2) is 84.8 Å². The Hall–Kier alpha value is -1.63. The predicted octanol–water partition coefficient (Wildman–Crippen LogP) is -0.331. The van der Waals surface area contributed by atoms with E-state index in [1.807, 2.05) is 9.80 Å². The van der Waals surface area contributed by atoms with Crippen LogP contribution in [0.25, 0.3) is 0 Å². The molecule has 0 aromatic carbocycles. The van der Waals surface area contributed by atoms with Gasteiger partial charge in [-0.15, -0.1) is 0 Å². The first-order chi connectivity index (χ1) is 11.1. The number of carbonyl (C=O) groups excluding carboxylic acids is 3. The molecule has 0 atom stereocenters. The van der Waals surface area contributed by atoms with Gasteiger partial charge in [-0.05, 0) is 19.3 Å². The van der Waals surface area contributed by atoms with Crippen LogP contribution in [0.2, 0.25) is 0 Å². The third-order valence-electron chi connectivity index (χ3n) is 4.48. The first-order valence-electron chi connectivity index (χ1n) is 8.58. The van der Waals surface area contributed by atoms with Crippen LogP contribution in [-0.2, 0) is 14.4 Å². The number of rotatable bonds is 6. The van der Waals surface area contributed by atoms with Crippen LogP contribution in [0.5, 0.6) is 0 Å². The number of nitrogens with one attached hydrogen (secondary N) is 1. The number of amides is 3. The van der Waals surface area contributed by atoms with Gasteiger partial charge in [0.25, 0.3) is 0 Å². The van der Waals surface area contributed by atoms with E-state index in [2.05, 4.69) is 10.2 Å². The minimum absolute atomic E-state index is 0.0614. The van der Waals surface area contributed by atoms with Gasteiger partial charge < -0.3 is 15.1 Å². The third kappa shape index (κ3) is 5.82. The van der Waals surface area contributed by atoms with E-state index in [4.69, 9.17) is 0 Å². The summed E-state index contributed by atoms with van der Waals surface area (Å²) >= 11 is 0. The van der Waals surface area contributed by atoms with Crippen molar-refractivity contribution in [1.82, 2.24) is 20.0 Å². The molecule has 2 heterocycles. The lowest BCUT2D eigenvalue weighted by Crippen LogP contribution is -2.51. The molecule has 2 aliphatic heterocycles. The van der Waals surface area contributed by atoms with Crippen LogP contribution in [0.4, 0.5) is 0 Å². The second-order valence-corrected chi connectivity index (χ2v) is 6.33. The highest BCUT2D eigenvalue weighted by molar-refractivity contribution is 5.79. The number of nitrogens with zero attached hydrogens (tertiary/aromatic N) is 3. The quantitative estimate of drug-likeness (QED) is 0.679. The Bertz CT molecular complexity index is 427. The zero-order chi connectivity index (χ0) is 16.7. The van der Waals surface area contributed by atoms with Crippen molar-refractivity contribution < 1.29 is 14.4 Å². The van der Waals surface area contributed by atoms with Gasteiger partial charge in [0.2, 0.25) is 17.7 Å². The van der Waals surface area contributed by atoms with Crippen molar-refractivity contribution in [1.29, 1.82) is 0 Å². The molecular weight excluding hydrogens is 296 g/mol. The van der Waals surface area contributed by atoms with Crippen molar-refractivity contribution in [2.24, 2.45) is 0 Å². The Morgan fingerprint density at radius 1 is 0.870 bits per heavy atom. The van der Waals surface area contributed by atoms with E-state index in [-0.39, 0.29) is 17.7 Å². The Morgan fingerprint density at radius 2 is 1.48 bits per heavy atom. The van der Waals surface area contributed by atoms with E-state index in [9.17, 15) is 14.4 Å². The fourth-order valence-corrected chi connectivity index (χ4v) is 3.08. The number of carbonyl (C=O) groups is 3. The molecule has 7 nitrogen and oxygen atoms in total. The monoisotopic (exact) mass is 324 g/mol. The van der Waals surface area contributed by atoms with E-state index >= 15 is 0 Å². The Morgan fingerprint density at radius 3 is 2.09 bits per heavy atom. The Labute approximate surface area is 138 Å². The molecule has 0 aliphatic carbocycles. The molecule has 2 saturated heterocycles. The summed E-state index contributed by atoms with van der Waals surface area (Å²) in [6.07, 6.45) is 3.37. The van der Waals surface area contributed by atoms with Gasteiger partial charge in [0.05, 0.1) is 6.54 Å².